The summed E-state index contributed by atoms with van der Waals surface area (Å²) in [6.45, 7) is 3.42. The lowest BCUT2D eigenvalue weighted by Crippen LogP contribution is -2.33. The number of nitrogens with one attached hydrogen (secondary N) is 1. The Kier molecular flexibility index (Phi) is 4.21. The number of amides is 1. The molecule has 2 heterocycles. The van der Waals surface area contributed by atoms with E-state index in [4.69, 9.17) is 0 Å². The van der Waals surface area contributed by atoms with Gasteiger partial charge in [-0.25, -0.2) is 4.68 Å². The third kappa shape index (κ3) is 2.73. The van der Waals surface area contributed by atoms with Gasteiger partial charge >= 0.3 is 5.69 Å². The molecule has 0 radical (unpaired) electrons. The molecule has 0 saturated carbocycles. The van der Waals surface area contributed by atoms with Crippen molar-refractivity contribution in [2.45, 2.75) is 26.2 Å². The van der Waals surface area contributed by atoms with Gasteiger partial charge in [-0.2, -0.15) is 5.10 Å². The molecule has 0 aromatic carbocycles. The van der Waals surface area contributed by atoms with Gasteiger partial charge in [0.05, 0.1) is 11.5 Å². The fourth-order valence-electron chi connectivity index (χ4n) is 2.43. The molecule has 1 fully saturated rings. The molecular formula is C12H19N5O3. The Morgan fingerprint density at radius 3 is 2.65 bits per heavy atom. The van der Waals surface area contributed by atoms with Crippen molar-refractivity contribution in [3.8, 4) is 0 Å². The minimum atomic E-state index is -0.450. The van der Waals surface area contributed by atoms with Crippen molar-refractivity contribution in [2.75, 3.05) is 25.0 Å². The number of nitro groups is 1. The summed E-state index contributed by atoms with van der Waals surface area (Å²) in [6, 6.07) is 0. The van der Waals surface area contributed by atoms with Crippen LogP contribution in [0.5, 0.6) is 0 Å². The van der Waals surface area contributed by atoms with E-state index in [2.05, 4.69) is 10.4 Å². The predicted octanol–water partition coefficient (Wildman–Crippen LogP) is 0.925. The maximum atomic E-state index is 12.0. The average molecular weight is 281 g/mol. The Morgan fingerprint density at radius 2 is 2.10 bits per heavy atom. The Hall–Kier alpha value is -2.12. The molecule has 1 aromatic rings. The SMILES string of the molecule is CCc1nn(C)c(NCC(=O)N2CCCC2)c1[N+](=O)[O-]. The lowest BCUT2D eigenvalue weighted by Gasteiger charge is -2.15. The number of anilines is 1. The lowest BCUT2D eigenvalue weighted by molar-refractivity contribution is -0.384. The molecule has 1 aromatic heterocycles. The van der Waals surface area contributed by atoms with Crippen molar-refractivity contribution in [3.05, 3.63) is 15.8 Å². The van der Waals surface area contributed by atoms with Gasteiger partial charge in [-0.15, -0.1) is 0 Å². The van der Waals surface area contributed by atoms with Crippen molar-refractivity contribution in [1.29, 1.82) is 0 Å². The van der Waals surface area contributed by atoms with Gasteiger partial charge in [-0.05, 0) is 19.3 Å². The third-order valence-corrected chi connectivity index (χ3v) is 3.48. The van der Waals surface area contributed by atoms with Crippen molar-refractivity contribution in [2.24, 2.45) is 7.05 Å². The molecule has 1 aliphatic heterocycles. The summed E-state index contributed by atoms with van der Waals surface area (Å²) in [5, 5.41) is 18.1. The van der Waals surface area contributed by atoms with Gasteiger partial charge in [0.1, 0.15) is 5.69 Å². The maximum absolute atomic E-state index is 12.0. The second-order valence-corrected chi connectivity index (χ2v) is 4.82. The third-order valence-electron chi connectivity index (χ3n) is 3.48. The first-order valence-electron chi connectivity index (χ1n) is 6.76. The molecule has 1 amide bonds. The summed E-state index contributed by atoms with van der Waals surface area (Å²) in [7, 11) is 1.63. The first-order chi connectivity index (χ1) is 9.54. The van der Waals surface area contributed by atoms with Crippen LogP contribution in [-0.2, 0) is 18.3 Å². The predicted molar refractivity (Wildman–Crippen MR) is 73.5 cm³/mol. The highest BCUT2D eigenvalue weighted by Crippen LogP contribution is 2.28. The number of aryl methyl sites for hydroxylation is 2. The highest BCUT2D eigenvalue weighted by Gasteiger charge is 2.26. The second kappa shape index (κ2) is 5.89. The van der Waals surface area contributed by atoms with Crippen molar-refractivity contribution in [1.82, 2.24) is 14.7 Å². The average Bonchev–Trinajstić information content (AvgIpc) is 3.03. The molecular weight excluding hydrogens is 262 g/mol. The smallest absolute Gasteiger partial charge is 0.333 e. The lowest BCUT2D eigenvalue weighted by atomic mass is 10.3. The van der Waals surface area contributed by atoms with E-state index >= 15 is 0 Å². The Labute approximate surface area is 116 Å². The molecule has 0 aliphatic carbocycles. The zero-order valence-corrected chi connectivity index (χ0v) is 11.8. The summed E-state index contributed by atoms with van der Waals surface area (Å²) in [6.07, 6.45) is 2.53. The molecule has 0 atom stereocenters. The molecule has 0 bridgehead atoms. The van der Waals surface area contributed by atoms with Crippen molar-refractivity contribution in [3.63, 3.8) is 0 Å². The van der Waals surface area contributed by atoms with Gasteiger partial charge in [0, 0.05) is 20.1 Å². The Morgan fingerprint density at radius 1 is 1.45 bits per heavy atom. The molecule has 1 aliphatic rings. The number of carbonyl (C=O) groups is 1. The molecule has 8 nitrogen and oxygen atoms in total. The molecule has 0 unspecified atom stereocenters. The quantitative estimate of drug-likeness (QED) is 0.640. The Balaban J connectivity index is 2.10. The minimum absolute atomic E-state index is 0.0314. The van der Waals surface area contributed by atoms with Gasteiger partial charge in [0.2, 0.25) is 11.7 Å². The summed E-state index contributed by atoms with van der Waals surface area (Å²) < 4.78 is 1.42. The van der Waals surface area contributed by atoms with Gasteiger partial charge in [-0.1, -0.05) is 6.92 Å². The molecule has 1 saturated heterocycles. The van der Waals surface area contributed by atoms with Crippen LogP contribution < -0.4 is 5.32 Å². The molecule has 20 heavy (non-hydrogen) atoms. The topological polar surface area (TPSA) is 93.3 Å². The van der Waals surface area contributed by atoms with Gasteiger partial charge in [0.15, 0.2) is 0 Å². The number of hydrogen-bond acceptors (Lipinski definition) is 5. The van der Waals surface area contributed by atoms with Crippen LogP contribution in [0.15, 0.2) is 0 Å². The van der Waals surface area contributed by atoms with Crippen molar-refractivity contribution < 1.29 is 9.72 Å². The number of carbonyl (C=O) groups excluding carboxylic acids is 1. The molecule has 8 heteroatoms. The zero-order valence-electron chi connectivity index (χ0n) is 11.8. The maximum Gasteiger partial charge on any atom is 0.333 e. The molecule has 110 valence electrons. The van der Waals surface area contributed by atoms with E-state index in [1.165, 1.54) is 4.68 Å². The number of nitrogens with zero attached hydrogens (tertiary/aromatic N) is 4. The van der Waals surface area contributed by atoms with Crippen molar-refractivity contribution >= 4 is 17.4 Å². The van der Waals surface area contributed by atoms with E-state index in [1.54, 1.807) is 11.9 Å². The normalized spacial score (nSPS) is 14.6. The molecule has 2 rings (SSSR count). The number of aromatic nitrogens is 2. The standard InChI is InChI=1S/C12H19N5O3/c1-3-9-11(17(19)20)12(15(2)14-9)13-8-10(18)16-6-4-5-7-16/h13H,3-8H2,1-2H3. The number of rotatable bonds is 5. The monoisotopic (exact) mass is 281 g/mol. The van der Waals surface area contributed by atoms with Gasteiger partial charge < -0.3 is 10.2 Å². The first kappa shape index (κ1) is 14.3. The highest BCUT2D eigenvalue weighted by molar-refractivity contribution is 5.81. The van der Waals surface area contributed by atoms with Crippen LogP contribution in [0.1, 0.15) is 25.5 Å². The van der Waals surface area contributed by atoms with Crippen LogP contribution in [0.4, 0.5) is 11.5 Å². The van der Waals surface area contributed by atoms with Crippen LogP contribution in [0.2, 0.25) is 0 Å². The van der Waals surface area contributed by atoms with Gasteiger partial charge in [-0.3, -0.25) is 14.9 Å². The summed E-state index contributed by atoms with van der Waals surface area (Å²) in [5.41, 5.74) is 0.387. The fourth-order valence-corrected chi connectivity index (χ4v) is 2.43. The molecule has 1 N–H and O–H groups in total. The number of hydrogen-bond donors (Lipinski definition) is 1. The van der Waals surface area contributed by atoms with Crippen LogP contribution in [0.3, 0.4) is 0 Å². The van der Waals surface area contributed by atoms with E-state index < -0.39 is 4.92 Å². The van der Waals surface area contributed by atoms with E-state index in [0.717, 1.165) is 25.9 Å². The minimum Gasteiger partial charge on any atom is -0.355 e. The zero-order chi connectivity index (χ0) is 14.7. The summed E-state index contributed by atoms with van der Waals surface area (Å²) in [4.78, 5) is 24.4. The fraction of sp³-hybridized carbons (Fsp3) is 0.667. The van der Waals surface area contributed by atoms with E-state index in [9.17, 15) is 14.9 Å². The van der Waals surface area contributed by atoms with Gasteiger partial charge in [0.25, 0.3) is 0 Å². The first-order valence-corrected chi connectivity index (χ1v) is 6.76. The summed E-state index contributed by atoms with van der Waals surface area (Å²) >= 11 is 0. The summed E-state index contributed by atoms with van der Waals surface area (Å²) in [5.74, 6) is 0.260. The van der Waals surface area contributed by atoms with E-state index in [1.807, 2.05) is 6.92 Å². The van der Waals surface area contributed by atoms with Crippen LogP contribution >= 0.6 is 0 Å². The van der Waals surface area contributed by atoms with E-state index in [-0.39, 0.29) is 18.1 Å². The highest BCUT2D eigenvalue weighted by atomic mass is 16.6. The van der Waals surface area contributed by atoms with E-state index in [0.29, 0.717) is 17.9 Å². The van der Waals surface area contributed by atoms with Crippen LogP contribution in [0.25, 0.3) is 0 Å². The van der Waals surface area contributed by atoms with Crippen LogP contribution in [0, 0.1) is 10.1 Å². The Bertz CT molecular complexity index is 519. The largest absolute Gasteiger partial charge is 0.355 e. The second-order valence-electron chi connectivity index (χ2n) is 4.82. The molecule has 0 spiro atoms. The number of likely N-dealkylation sites (tertiary alicyclic amines) is 1. The van der Waals surface area contributed by atoms with Crippen LogP contribution in [-0.4, -0.2) is 45.1 Å².